The van der Waals surface area contributed by atoms with Gasteiger partial charge in [0, 0.05) is 6.54 Å². The van der Waals surface area contributed by atoms with Crippen molar-refractivity contribution in [3.63, 3.8) is 0 Å². The number of rotatable bonds is 2. The van der Waals surface area contributed by atoms with Crippen molar-refractivity contribution in [1.29, 1.82) is 0 Å². The zero-order chi connectivity index (χ0) is 13.3. The minimum absolute atomic E-state index is 0.0717. The predicted octanol–water partition coefficient (Wildman–Crippen LogP) is -0.523. The third kappa shape index (κ3) is 2.19. The van der Waals surface area contributed by atoms with E-state index in [1.54, 1.807) is 6.92 Å². The molecule has 2 amide bonds. The summed E-state index contributed by atoms with van der Waals surface area (Å²) in [5.41, 5.74) is 2.06. The van der Waals surface area contributed by atoms with Gasteiger partial charge in [-0.1, -0.05) is 0 Å². The van der Waals surface area contributed by atoms with E-state index in [0.29, 0.717) is 10.6 Å². The first-order valence-corrected chi connectivity index (χ1v) is 6.09. The van der Waals surface area contributed by atoms with Gasteiger partial charge in [-0.2, -0.15) is 0 Å². The highest BCUT2D eigenvalue weighted by atomic mass is 32.1. The van der Waals surface area contributed by atoms with Crippen molar-refractivity contribution in [3.05, 3.63) is 16.1 Å². The molecule has 2 rings (SSSR count). The Morgan fingerprint density at radius 3 is 2.89 bits per heavy atom. The molecule has 7 nitrogen and oxygen atoms in total. The number of aliphatic carboxylic acids is 1. The highest BCUT2D eigenvalue weighted by Gasteiger charge is 2.36. The number of thiazole rings is 1. The van der Waals surface area contributed by atoms with Gasteiger partial charge >= 0.3 is 5.97 Å². The van der Waals surface area contributed by atoms with E-state index >= 15 is 0 Å². The number of nitrogens with zero attached hydrogens (tertiary/aromatic N) is 2. The van der Waals surface area contributed by atoms with Gasteiger partial charge in [0.15, 0.2) is 0 Å². The van der Waals surface area contributed by atoms with E-state index in [-0.39, 0.29) is 19.0 Å². The molecule has 1 fully saturated rings. The minimum atomic E-state index is -1.13. The van der Waals surface area contributed by atoms with Crippen molar-refractivity contribution in [2.24, 2.45) is 0 Å². The van der Waals surface area contributed by atoms with E-state index in [0.717, 1.165) is 16.2 Å². The van der Waals surface area contributed by atoms with Crippen molar-refractivity contribution in [1.82, 2.24) is 15.2 Å². The van der Waals surface area contributed by atoms with Crippen LogP contribution in [0.5, 0.6) is 0 Å². The Kier molecular flexibility index (Phi) is 3.28. The maximum atomic E-state index is 12.2. The Morgan fingerprint density at radius 1 is 1.61 bits per heavy atom. The van der Waals surface area contributed by atoms with Crippen molar-refractivity contribution in [2.75, 3.05) is 13.1 Å². The maximum absolute atomic E-state index is 12.2. The molecule has 1 aliphatic heterocycles. The lowest BCUT2D eigenvalue weighted by molar-refractivity contribution is -0.144. The van der Waals surface area contributed by atoms with Crippen LogP contribution in [-0.4, -0.2) is 51.9 Å². The first-order chi connectivity index (χ1) is 8.50. The molecule has 1 aromatic rings. The summed E-state index contributed by atoms with van der Waals surface area (Å²) < 4.78 is 0. The van der Waals surface area contributed by atoms with Crippen LogP contribution in [0.1, 0.15) is 15.4 Å². The largest absolute Gasteiger partial charge is 0.480 e. The summed E-state index contributed by atoms with van der Waals surface area (Å²) in [4.78, 5) is 39.9. The summed E-state index contributed by atoms with van der Waals surface area (Å²) >= 11 is 1.14. The number of aromatic nitrogens is 1. The predicted molar refractivity (Wildman–Crippen MR) is 62.3 cm³/mol. The third-order valence-corrected chi connectivity index (χ3v) is 3.58. The number of nitrogens with one attached hydrogen (secondary N) is 1. The number of hydrogen-bond donors (Lipinski definition) is 2. The van der Waals surface area contributed by atoms with Crippen molar-refractivity contribution in [2.45, 2.75) is 13.0 Å². The van der Waals surface area contributed by atoms with Gasteiger partial charge in [-0.05, 0) is 6.92 Å². The Morgan fingerprint density at radius 2 is 2.33 bits per heavy atom. The normalized spacial score (nSPS) is 19.5. The molecule has 8 heteroatoms. The molecule has 96 valence electrons. The molecule has 18 heavy (non-hydrogen) atoms. The molecule has 1 aliphatic rings. The van der Waals surface area contributed by atoms with Crippen LogP contribution in [0.2, 0.25) is 0 Å². The van der Waals surface area contributed by atoms with Crippen LogP contribution in [0.4, 0.5) is 0 Å². The monoisotopic (exact) mass is 269 g/mol. The van der Waals surface area contributed by atoms with Crippen LogP contribution < -0.4 is 5.32 Å². The molecule has 0 aromatic carbocycles. The Balaban J connectivity index is 2.28. The zero-order valence-corrected chi connectivity index (χ0v) is 10.4. The molecule has 1 aromatic heterocycles. The van der Waals surface area contributed by atoms with Crippen LogP contribution in [-0.2, 0) is 9.59 Å². The Bertz CT molecular complexity index is 513. The molecule has 1 atom stereocenters. The van der Waals surface area contributed by atoms with Crippen LogP contribution in [0.25, 0.3) is 0 Å². The molecular formula is C10H11N3O4S. The molecule has 0 aliphatic carbocycles. The molecule has 2 heterocycles. The standard InChI is InChI=1S/C10H11N3O4S/c1-5-8(18-4-12-5)9(15)13-3-7(14)11-2-6(13)10(16)17/h4,6H,2-3H2,1H3,(H,11,14)(H,16,17). The number of hydrogen-bond acceptors (Lipinski definition) is 5. The first-order valence-electron chi connectivity index (χ1n) is 5.21. The van der Waals surface area contributed by atoms with E-state index in [2.05, 4.69) is 10.3 Å². The van der Waals surface area contributed by atoms with Crippen LogP contribution in [0, 0.1) is 6.92 Å². The molecule has 0 radical (unpaired) electrons. The maximum Gasteiger partial charge on any atom is 0.328 e. The number of carbonyl (C=O) groups excluding carboxylic acids is 2. The molecule has 0 spiro atoms. The molecular weight excluding hydrogens is 258 g/mol. The summed E-state index contributed by atoms with van der Waals surface area (Å²) in [7, 11) is 0. The Hall–Kier alpha value is -1.96. The van der Waals surface area contributed by atoms with Crippen molar-refractivity contribution in [3.8, 4) is 0 Å². The lowest BCUT2D eigenvalue weighted by Gasteiger charge is -2.32. The number of piperazine rings is 1. The Labute approximate surface area is 106 Å². The summed E-state index contributed by atoms with van der Waals surface area (Å²) in [6, 6.07) is -1.03. The van der Waals surface area contributed by atoms with Crippen molar-refractivity contribution < 1.29 is 19.5 Å². The summed E-state index contributed by atoms with van der Waals surface area (Å²) in [6.45, 7) is 1.36. The van der Waals surface area contributed by atoms with E-state index in [1.165, 1.54) is 5.51 Å². The van der Waals surface area contributed by atoms with Gasteiger partial charge < -0.3 is 15.3 Å². The van der Waals surface area contributed by atoms with Gasteiger partial charge in [0.05, 0.1) is 11.2 Å². The number of amides is 2. The van der Waals surface area contributed by atoms with Crippen LogP contribution in [0.15, 0.2) is 5.51 Å². The minimum Gasteiger partial charge on any atom is -0.480 e. The molecule has 1 saturated heterocycles. The van der Waals surface area contributed by atoms with Crippen LogP contribution in [0.3, 0.4) is 0 Å². The number of carboxylic acid groups (broad SMARTS) is 1. The number of carbonyl (C=O) groups is 3. The molecule has 0 bridgehead atoms. The van der Waals surface area contributed by atoms with E-state index < -0.39 is 17.9 Å². The summed E-state index contributed by atoms with van der Waals surface area (Å²) in [5.74, 6) is -1.95. The van der Waals surface area contributed by atoms with Gasteiger partial charge in [-0.25, -0.2) is 9.78 Å². The highest BCUT2D eigenvalue weighted by Crippen LogP contribution is 2.17. The molecule has 2 N–H and O–H groups in total. The van der Waals surface area contributed by atoms with Gasteiger partial charge in [0.1, 0.15) is 17.5 Å². The highest BCUT2D eigenvalue weighted by molar-refractivity contribution is 7.11. The fourth-order valence-electron chi connectivity index (χ4n) is 1.71. The fraction of sp³-hybridized carbons (Fsp3) is 0.400. The lowest BCUT2D eigenvalue weighted by atomic mass is 10.1. The lowest BCUT2D eigenvalue weighted by Crippen LogP contribution is -2.59. The van der Waals surface area contributed by atoms with Gasteiger partial charge in [-0.15, -0.1) is 11.3 Å². The zero-order valence-electron chi connectivity index (χ0n) is 9.54. The van der Waals surface area contributed by atoms with E-state index in [1.807, 2.05) is 0 Å². The smallest absolute Gasteiger partial charge is 0.328 e. The molecule has 1 unspecified atom stereocenters. The average molecular weight is 269 g/mol. The fourth-order valence-corrected chi connectivity index (χ4v) is 2.47. The summed E-state index contributed by atoms with van der Waals surface area (Å²) in [6.07, 6.45) is 0. The topological polar surface area (TPSA) is 99.6 Å². The van der Waals surface area contributed by atoms with E-state index in [9.17, 15) is 14.4 Å². The van der Waals surface area contributed by atoms with Crippen LogP contribution >= 0.6 is 11.3 Å². The van der Waals surface area contributed by atoms with Gasteiger partial charge in [0.2, 0.25) is 5.91 Å². The average Bonchev–Trinajstić information content (AvgIpc) is 2.74. The molecule has 0 saturated carbocycles. The van der Waals surface area contributed by atoms with Gasteiger partial charge in [-0.3, -0.25) is 9.59 Å². The second-order valence-electron chi connectivity index (χ2n) is 3.86. The van der Waals surface area contributed by atoms with Gasteiger partial charge in [0.25, 0.3) is 5.91 Å². The van der Waals surface area contributed by atoms with E-state index in [4.69, 9.17) is 5.11 Å². The van der Waals surface area contributed by atoms with Crippen molar-refractivity contribution >= 4 is 29.1 Å². The quantitative estimate of drug-likeness (QED) is 0.752. The summed E-state index contributed by atoms with van der Waals surface area (Å²) in [5, 5.41) is 11.5. The number of carboxylic acids is 1. The number of aryl methyl sites for hydroxylation is 1. The second kappa shape index (κ2) is 4.73. The first kappa shape index (κ1) is 12.5. The second-order valence-corrected chi connectivity index (χ2v) is 4.71. The third-order valence-electron chi connectivity index (χ3n) is 2.67. The SMILES string of the molecule is Cc1ncsc1C(=O)N1CC(=O)NCC1C(=O)O.